The first-order chi connectivity index (χ1) is 9.70. The Morgan fingerprint density at radius 2 is 2.40 bits per heavy atom. The number of carbonyl (C=O) groups excluding carboxylic acids is 1. The summed E-state index contributed by atoms with van der Waals surface area (Å²) in [5.41, 5.74) is 1.11. The molecule has 0 aromatic carbocycles. The van der Waals surface area contributed by atoms with E-state index in [2.05, 4.69) is 31.5 Å². The van der Waals surface area contributed by atoms with Gasteiger partial charge in [0.15, 0.2) is 5.58 Å². The molecule has 0 aliphatic carbocycles. The van der Waals surface area contributed by atoms with E-state index in [1.165, 1.54) is 6.42 Å². The van der Waals surface area contributed by atoms with E-state index >= 15 is 0 Å². The fraction of sp³-hybridized carbons (Fsp3) is 0.429. The number of rotatable bonds is 2. The fourth-order valence-corrected chi connectivity index (χ4v) is 3.66. The Morgan fingerprint density at radius 1 is 1.50 bits per heavy atom. The van der Waals surface area contributed by atoms with Crippen molar-refractivity contribution in [1.29, 1.82) is 0 Å². The van der Waals surface area contributed by atoms with Crippen molar-refractivity contribution in [3.05, 3.63) is 28.7 Å². The minimum absolute atomic E-state index is 0.112. The average Bonchev–Trinajstić information content (AvgIpc) is 3.15. The van der Waals surface area contributed by atoms with Crippen molar-refractivity contribution in [2.45, 2.75) is 37.4 Å². The lowest BCUT2D eigenvalue weighted by Crippen LogP contribution is -2.43. The van der Waals surface area contributed by atoms with Gasteiger partial charge in [-0.2, -0.15) is 0 Å². The van der Waals surface area contributed by atoms with Gasteiger partial charge >= 0.3 is 0 Å². The van der Waals surface area contributed by atoms with Crippen LogP contribution >= 0.6 is 15.9 Å². The van der Waals surface area contributed by atoms with Gasteiger partial charge in [-0.3, -0.25) is 4.79 Å². The molecule has 2 bridgehead atoms. The quantitative estimate of drug-likeness (QED) is 0.882. The maximum absolute atomic E-state index is 12.3. The molecule has 2 fully saturated rings. The third kappa shape index (κ3) is 1.94. The molecule has 0 unspecified atom stereocenters. The first kappa shape index (κ1) is 12.3. The van der Waals surface area contributed by atoms with Crippen molar-refractivity contribution in [3.63, 3.8) is 0 Å². The molecule has 0 saturated carbocycles. The van der Waals surface area contributed by atoms with Crippen molar-refractivity contribution < 1.29 is 9.21 Å². The third-order valence-electron chi connectivity index (χ3n) is 4.26. The monoisotopic (exact) mass is 335 g/mol. The van der Waals surface area contributed by atoms with E-state index in [0.29, 0.717) is 23.4 Å². The van der Waals surface area contributed by atoms with Crippen molar-refractivity contribution >= 4 is 32.8 Å². The fourth-order valence-electron chi connectivity index (χ4n) is 3.25. The zero-order valence-electron chi connectivity index (χ0n) is 10.7. The van der Waals surface area contributed by atoms with Gasteiger partial charge in [0.05, 0.1) is 10.7 Å². The minimum Gasteiger partial charge on any atom is -0.461 e. The van der Waals surface area contributed by atoms with E-state index in [4.69, 9.17) is 4.42 Å². The Labute approximate surface area is 124 Å². The van der Waals surface area contributed by atoms with Crippen molar-refractivity contribution in [2.24, 2.45) is 0 Å². The van der Waals surface area contributed by atoms with Crippen LogP contribution in [0.1, 0.15) is 29.8 Å². The summed E-state index contributed by atoms with van der Waals surface area (Å²) in [7, 11) is 0. The van der Waals surface area contributed by atoms with E-state index < -0.39 is 0 Å². The summed E-state index contributed by atoms with van der Waals surface area (Å²) >= 11 is 3.40. The molecule has 0 spiro atoms. The van der Waals surface area contributed by atoms with E-state index in [9.17, 15) is 4.79 Å². The number of aromatic nitrogens is 1. The number of carbonyl (C=O) groups is 1. The molecule has 6 heteroatoms. The molecule has 2 N–H and O–H groups in total. The van der Waals surface area contributed by atoms with E-state index in [1.54, 1.807) is 18.5 Å². The van der Waals surface area contributed by atoms with Gasteiger partial charge in [0.2, 0.25) is 0 Å². The smallest absolute Gasteiger partial charge is 0.270 e. The van der Waals surface area contributed by atoms with E-state index in [0.717, 1.165) is 22.7 Å². The molecule has 4 heterocycles. The normalized spacial score (nSPS) is 28.1. The van der Waals surface area contributed by atoms with Crippen LogP contribution in [0.4, 0.5) is 0 Å². The van der Waals surface area contributed by atoms with Crippen molar-refractivity contribution in [3.8, 4) is 0 Å². The Bertz CT molecular complexity index is 684. The lowest BCUT2D eigenvalue weighted by molar-refractivity contribution is 0.0926. The van der Waals surface area contributed by atoms with Crippen LogP contribution in [-0.2, 0) is 0 Å². The number of nitrogens with zero attached hydrogens (tertiary/aromatic N) is 1. The molecule has 1 amide bonds. The molecule has 5 nitrogen and oxygen atoms in total. The Hall–Kier alpha value is -1.40. The summed E-state index contributed by atoms with van der Waals surface area (Å²) < 4.78 is 6.14. The summed E-state index contributed by atoms with van der Waals surface area (Å²) in [6, 6.07) is 2.99. The zero-order chi connectivity index (χ0) is 13.7. The highest BCUT2D eigenvalue weighted by Gasteiger charge is 2.39. The Kier molecular flexibility index (Phi) is 2.82. The maximum atomic E-state index is 12.3. The second-order valence-electron chi connectivity index (χ2n) is 5.51. The average molecular weight is 336 g/mol. The molecular weight excluding hydrogens is 322 g/mol. The SMILES string of the molecule is O=C(N[C@@H]1C[C@H]2CC[C@@H]1N2)c1cc2c(Br)coc2cn1. The van der Waals surface area contributed by atoms with E-state index in [1.807, 2.05) is 0 Å². The summed E-state index contributed by atoms with van der Waals surface area (Å²) in [5.74, 6) is -0.112. The predicted octanol–water partition coefficient (Wildman–Crippen LogP) is 2.21. The first-order valence-corrected chi connectivity index (χ1v) is 7.59. The van der Waals surface area contributed by atoms with Crippen LogP contribution in [0, 0.1) is 0 Å². The maximum Gasteiger partial charge on any atom is 0.270 e. The predicted molar refractivity (Wildman–Crippen MR) is 77.5 cm³/mol. The summed E-state index contributed by atoms with van der Waals surface area (Å²) in [6.07, 6.45) is 6.59. The summed E-state index contributed by atoms with van der Waals surface area (Å²) in [5, 5.41) is 7.48. The highest BCUT2D eigenvalue weighted by atomic mass is 79.9. The number of fused-ring (bicyclic) bond motifs is 3. The highest BCUT2D eigenvalue weighted by Crippen LogP contribution is 2.29. The van der Waals surface area contributed by atoms with Crippen LogP contribution in [0.25, 0.3) is 11.0 Å². The van der Waals surface area contributed by atoms with Gasteiger partial charge in [0.25, 0.3) is 5.91 Å². The molecule has 2 aliphatic heterocycles. The van der Waals surface area contributed by atoms with Crippen molar-refractivity contribution in [1.82, 2.24) is 15.6 Å². The van der Waals surface area contributed by atoms with Gasteiger partial charge in [0, 0.05) is 23.5 Å². The van der Waals surface area contributed by atoms with Gasteiger partial charge in [-0.1, -0.05) is 0 Å². The lowest BCUT2D eigenvalue weighted by atomic mass is 9.95. The number of pyridine rings is 1. The molecular formula is C14H14BrN3O2. The van der Waals surface area contributed by atoms with Crippen LogP contribution in [0.5, 0.6) is 0 Å². The first-order valence-electron chi connectivity index (χ1n) is 6.80. The van der Waals surface area contributed by atoms with Crippen LogP contribution in [0.15, 0.2) is 27.4 Å². The van der Waals surface area contributed by atoms with Crippen LogP contribution < -0.4 is 10.6 Å². The number of furan rings is 1. The standard InChI is InChI=1S/C14H14BrN3O2/c15-9-6-20-13-5-16-12(4-8(9)13)14(19)18-11-3-7-1-2-10(11)17-7/h4-7,10-11,17H,1-3H2,(H,18,19)/t7-,10+,11-/m1/s1. The van der Waals surface area contributed by atoms with Crippen LogP contribution in [0.3, 0.4) is 0 Å². The molecule has 2 saturated heterocycles. The van der Waals surface area contributed by atoms with Crippen molar-refractivity contribution in [2.75, 3.05) is 0 Å². The third-order valence-corrected chi connectivity index (χ3v) is 4.88. The van der Waals surface area contributed by atoms with Crippen LogP contribution in [-0.4, -0.2) is 29.0 Å². The van der Waals surface area contributed by atoms with Gasteiger partial charge in [0.1, 0.15) is 12.0 Å². The topological polar surface area (TPSA) is 67.2 Å². The molecule has 104 valence electrons. The number of nitrogens with one attached hydrogen (secondary N) is 2. The second kappa shape index (κ2) is 4.56. The summed E-state index contributed by atoms with van der Waals surface area (Å²) in [6.45, 7) is 0. The molecule has 4 rings (SSSR count). The Balaban J connectivity index is 1.56. The number of amides is 1. The van der Waals surface area contributed by atoms with Crippen LogP contribution in [0.2, 0.25) is 0 Å². The van der Waals surface area contributed by atoms with Gasteiger partial charge in [-0.05, 0) is 41.3 Å². The largest absolute Gasteiger partial charge is 0.461 e. The molecule has 2 aliphatic rings. The highest BCUT2D eigenvalue weighted by molar-refractivity contribution is 9.10. The van der Waals surface area contributed by atoms with Gasteiger partial charge < -0.3 is 15.1 Å². The second-order valence-corrected chi connectivity index (χ2v) is 6.37. The number of halogens is 1. The minimum atomic E-state index is -0.112. The molecule has 20 heavy (non-hydrogen) atoms. The summed E-state index contributed by atoms with van der Waals surface area (Å²) in [4.78, 5) is 16.5. The zero-order valence-corrected chi connectivity index (χ0v) is 12.3. The molecule has 0 radical (unpaired) electrons. The Morgan fingerprint density at radius 3 is 3.15 bits per heavy atom. The van der Waals surface area contributed by atoms with Gasteiger partial charge in [-0.15, -0.1) is 0 Å². The molecule has 2 aromatic rings. The number of hydrogen-bond donors (Lipinski definition) is 2. The van der Waals surface area contributed by atoms with Gasteiger partial charge in [-0.25, -0.2) is 4.98 Å². The van der Waals surface area contributed by atoms with E-state index in [-0.39, 0.29) is 11.9 Å². The number of hydrogen-bond acceptors (Lipinski definition) is 4. The molecule has 3 atom stereocenters. The lowest BCUT2D eigenvalue weighted by Gasteiger charge is -2.21. The molecule has 2 aromatic heterocycles.